The molecule has 0 aromatic heterocycles. The number of carbonyl (C=O) groups is 2. The zero-order chi connectivity index (χ0) is 12.7. The van der Waals surface area contributed by atoms with Crippen LogP contribution in [0.4, 0.5) is 0 Å². The van der Waals surface area contributed by atoms with E-state index < -0.39 is 5.97 Å². The Balaban J connectivity index is 2.09. The predicted molar refractivity (Wildman–Crippen MR) is 63.6 cm³/mol. The first-order valence-electron chi connectivity index (χ1n) is 6.50. The molecule has 1 aliphatic rings. The summed E-state index contributed by atoms with van der Waals surface area (Å²) in [6.07, 6.45) is 6.13. The molecule has 2 N–H and O–H groups in total. The van der Waals surface area contributed by atoms with E-state index in [0.717, 1.165) is 38.5 Å². The lowest BCUT2D eigenvalue weighted by atomic mass is 9.90. The van der Waals surface area contributed by atoms with E-state index in [-0.39, 0.29) is 24.9 Å². The fourth-order valence-electron chi connectivity index (χ4n) is 2.59. The fraction of sp³-hybridized carbons (Fsp3) is 0.846. The van der Waals surface area contributed by atoms with E-state index in [4.69, 9.17) is 10.2 Å². The number of unbranched alkanes of at least 4 members (excludes halogenated alkanes) is 3. The lowest BCUT2D eigenvalue weighted by Crippen LogP contribution is -2.17. The maximum absolute atomic E-state index is 11.6. The number of hydrogen-bond acceptors (Lipinski definition) is 3. The summed E-state index contributed by atoms with van der Waals surface area (Å²) in [5.41, 5.74) is 0. The van der Waals surface area contributed by atoms with Gasteiger partial charge in [-0.2, -0.15) is 0 Å². The normalized spacial score (nSPS) is 24.2. The van der Waals surface area contributed by atoms with Crippen LogP contribution in [0.25, 0.3) is 0 Å². The average molecular weight is 242 g/mol. The van der Waals surface area contributed by atoms with Crippen molar-refractivity contribution in [2.45, 2.75) is 51.4 Å². The lowest BCUT2D eigenvalue weighted by molar-refractivity contribution is -0.137. The summed E-state index contributed by atoms with van der Waals surface area (Å²) in [6, 6.07) is 0. The number of aliphatic carboxylic acids is 1. The van der Waals surface area contributed by atoms with Crippen molar-refractivity contribution in [1.82, 2.24) is 0 Å². The number of carbonyl (C=O) groups excluding carboxylic acids is 1. The van der Waals surface area contributed by atoms with Crippen LogP contribution in [0.15, 0.2) is 0 Å². The highest BCUT2D eigenvalue weighted by Gasteiger charge is 2.33. The second-order valence-electron chi connectivity index (χ2n) is 4.90. The molecule has 1 rings (SSSR count). The van der Waals surface area contributed by atoms with Gasteiger partial charge in [-0.1, -0.05) is 19.3 Å². The molecule has 0 aliphatic heterocycles. The van der Waals surface area contributed by atoms with E-state index in [9.17, 15) is 9.59 Å². The molecule has 1 aliphatic carbocycles. The maximum Gasteiger partial charge on any atom is 0.303 e. The van der Waals surface area contributed by atoms with Crippen LogP contribution in [0, 0.1) is 11.8 Å². The molecule has 0 amide bonds. The van der Waals surface area contributed by atoms with Gasteiger partial charge in [0.2, 0.25) is 0 Å². The van der Waals surface area contributed by atoms with E-state index >= 15 is 0 Å². The number of Topliss-reactive ketones (excluding diaryl/α,β-unsaturated/α-hetero) is 1. The summed E-state index contributed by atoms with van der Waals surface area (Å²) in [5.74, 6) is -0.216. The molecule has 17 heavy (non-hydrogen) atoms. The molecule has 4 heteroatoms. The Morgan fingerprint density at radius 1 is 1.24 bits per heavy atom. The van der Waals surface area contributed by atoms with Crippen LogP contribution in [-0.2, 0) is 9.59 Å². The number of carboxylic acid groups (broad SMARTS) is 1. The summed E-state index contributed by atoms with van der Waals surface area (Å²) in [5, 5.41) is 17.6. The van der Waals surface area contributed by atoms with Gasteiger partial charge in [-0.05, 0) is 25.2 Å². The van der Waals surface area contributed by atoms with Gasteiger partial charge >= 0.3 is 5.97 Å². The van der Waals surface area contributed by atoms with Crippen molar-refractivity contribution < 1.29 is 19.8 Å². The number of carboxylic acids is 1. The summed E-state index contributed by atoms with van der Waals surface area (Å²) < 4.78 is 0. The Morgan fingerprint density at radius 3 is 2.59 bits per heavy atom. The Kier molecular flexibility index (Phi) is 6.19. The number of rotatable bonds is 8. The van der Waals surface area contributed by atoms with Gasteiger partial charge in [0.25, 0.3) is 0 Å². The van der Waals surface area contributed by atoms with Crippen molar-refractivity contribution in [1.29, 1.82) is 0 Å². The van der Waals surface area contributed by atoms with E-state index in [0.29, 0.717) is 12.2 Å². The Labute approximate surface area is 102 Å². The third-order valence-corrected chi connectivity index (χ3v) is 3.63. The van der Waals surface area contributed by atoms with Gasteiger partial charge in [-0.3, -0.25) is 9.59 Å². The second kappa shape index (κ2) is 7.43. The predicted octanol–water partition coefficient (Wildman–Crippen LogP) is 2.00. The van der Waals surface area contributed by atoms with E-state index in [1.165, 1.54) is 0 Å². The van der Waals surface area contributed by atoms with Gasteiger partial charge in [0.05, 0.1) is 0 Å². The second-order valence-corrected chi connectivity index (χ2v) is 4.90. The van der Waals surface area contributed by atoms with Crippen molar-refractivity contribution in [2.24, 2.45) is 11.8 Å². The van der Waals surface area contributed by atoms with Crippen LogP contribution in [0.2, 0.25) is 0 Å². The number of aliphatic hydroxyl groups excluding tert-OH is 1. The highest BCUT2D eigenvalue weighted by atomic mass is 16.4. The highest BCUT2D eigenvalue weighted by Crippen LogP contribution is 2.32. The number of hydrogen-bond donors (Lipinski definition) is 2. The Morgan fingerprint density at radius 2 is 1.94 bits per heavy atom. The molecular weight excluding hydrogens is 220 g/mol. The molecule has 0 aromatic rings. The van der Waals surface area contributed by atoms with Gasteiger partial charge in [0, 0.05) is 25.4 Å². The molecule has 2 atom stereocenters. The van der Waals surface area contributed by atoms with Crippen molar-refractivity contribution in [3.05, 3.63) is 0 Å². The monoisotopic (exact) mass is 242 g/mol. The SMILES string of the molecule is O=C(O)CCCCCC[C@H]1C(=O)CC[C@@H]1CO. The molecule has 0 bridgehead atoms. The van der Waals surface area contributed by atoms with Crippen LogP contribution in [0.5, 0.6) is 0 Å². The third-order valence-electron chi connectivity index (χ3n) is 3.63. The van der Waals surface area contributed by atoms with Crippen molar-refractivity contribution in [3.63, 3.8) is 0 Å². The molecule has 1 fully saturated rings. The minimum atomic E-state index is -0.740. The Hall–Kier alpha value is -0.900. The van der Waals surface area contributed by atoms with E-state index in [1.54, 1.807) is 0 Å². The first-order valence-corrected chi connectivity index (χ1v) is 6.50. The largest absolute Gasteiger partial charge is 0.481 e. The van der Waals surface area contributed by atoms with Gasteiger partial charge in [-0.25, -0.2) is 0 Å². The van der Waals surface area contributed by atoms with Gasteiger partial charge < -0.3 is 10.2 Å². The third kappa shape index (κ3) is 4.86. The quantitative estimate of drug-likeness (QED) is 0.638. The van der Waals surface area contributed by atoms with E-state index in [1.807, 2.05) is 0 Å². The van der Waals surface area contributed by atoms with Gasteiger partial charge in [0.15, 0.2) is 0 Å². The Bertz CT molecular complexity index is 262. The first kappa shape index (κ1) is 14.2. The van der Waals surface area contributed by atoms with Crippen LogP contribution < -0.4 is 0 Å². The summed E-state index contributed by atoms with van der Waals surface area (Å²) in [6.45, 7) is 0.120. The molecule has 0 unspecified atom stereocenters. The van der Waals surface area contributed by atoms with Crippen LogP contribution in [0.1, 0.15) is 51.4 Å². The zero-order valence-electron chi connectivity index (χ0n) is 10.2. The zero-order valence-corrected chi connectivity index (χ0v) is 10.2. The molecule has 0 heterocycles. The molecule has 0 spiro atoms. The average Bonchev–Trinajstić information content (AvgIpc) is 2.64. The smallest absolute Gasteiger partial charge is 0.303 e. The molecule has 0 radical (unpaired) electrons. The molecule has 98 valence electrons. The summed E-state index contributed by atoms with van der Waals surface area (Å²) in [4.78, 5) is 21.9. The van der Waals surface area contributed by atoms with Crippen LogP contribution in [0.3, 0.4) is 0 Å². The topological polar surface area (TPSA) is 74.6 Å². The summed E-state index contributed by atoms with van der Waals surface area (Å²) in [7, 11) is 0. The minimum Gasteiger partial charge on any atom is -0.481 e. The summed E-state index contributed by atoms with van der Waals surface area (Å²) >= 11 is 0. The fourth-order valence-corrected chi connectivity index (χ4v) is 2.59. The number of aliphatic hydroxyl groups is 1. The van der Waals surface area contributed by atoms with Crippen LogP contribution >= 0.6 is 0 Å². The van der Waals surface area contributed by atoms with Gasteiger partial charge in [0.1, 0.15) is 5.78 Å². The van der Waals surface area contributed by atoms with Crippen LogP contribution in [-0.4, -0.2) is 28.6 Å². The van der Waals surface area contributed by atoms with E-state index in [2.05, 4.69) is 0 Å². The number of ketones is 1. The molecular formula is C13H22O4. The van der Waals surface area contributed by atoms with Crippen molar-refractivity contribution >= 4 is 11.8 Å². The molecule has 0 saturated heterocycles. The molecule has 0 aromatic carbocycles. The van der Waals surface area contributed by atoms with Crippen molar-refractivity contribution in [2.75, 3.05) is 6.61 Å². The van der Waals surface area contributed by atoms with Crippen molar-refractivity contribution in [3.8, 4) is 0 Å². The highest BCUT2D eigenvalue weighted by molar-refractivity contribution is 5.83. The van der Waals surface area contributed by atoms with Gasteiger partial charge in [-0.15, -0.1) is 0 Å². The lowest BCUT2D eigenvalue weighted by Gasteiger charge is -2.15. The first-order chi connectivity index (χ1) is 8.15. The molecule has 4 nitrogen and oxygen atoms in total. The maximum atomic E-state index is 11.6. The molecule has 1 saturated carbocycles. The standard InChI is InChI=1S/C13H22O4/c14-9-10-7-8-12(15)11(10)5-3-1-2-4-6-13(16)17/h10-11,14H,1-9H2,(H,16,17)/t10-,11-/m1/s1. The minimum absolute atomic E-state index is 0.0551.